The average Bonchev–Trinajstić information content (AvgIpc) is 3.44. The molecular weight excluding hydrogens is 456 g/mol. The van der Waals surface area contributed by atoms with Gasteiger partial charge in [-0.15, -0.1) is 0 Å². The predicted molar refractivity (Wildman–Crippen MR) is 138 cm³/mol. The highest BCUT2D eigenvalue weighted by molar-refractivity contribution is 6.16. The van der Waals surface area contributed by atoms with E-state index in [4.69, 9.17) is 4.42 Å². The lowest BCUT2D eigenvalue weighted by Crippen LogP contribution is -2.17. The van der Waals surface area contributed by atoms with Gasteiger partial charge in [0.25, 0.3) is 11.8 Å². The zero-order chi connectivity index (χ0) is 25.4. The Morgan fingerprint density at radius 1 is 0.889 bits per heavy atom. The molecule has 0 spiro atoms. The molecule has 0 saturated carbocycles. The number of nitrogens with zero attached hydrogens (tertiary/aromatic N) is 1. The lowest BCUT2D eigenvalue weighted by molar-refractivity contribution is 0.0999. The number of rotatable bonds is 5. The molecule has 2 heterocycles. The van der Waals surface area contributed by atoms with E-state index in [0.717, 1.165) is 16.7 Å². The van der Waals surface area contributed by atoms with Gasteiger partial charge in [-0.05, 0) is 73.9 Å². The number of furan rings is 1. The van der Waals surface area contributed by atoms with Gasteiger partial charge in [-0.2, -0.15) is 5.10 Å². The van der Waals surface area contributed by atoms with Crippen LogP contribution in [0, 0.1) is 20.8 Å². The highest BCUT2D eigenvalue weighted by Crippen LogP contribution is 2.34. The molecule has 3 aromatic carbocycles. The third-order valence-electron chi connectivity index (χ3n) is 5.85. The number of aromatic nitrogens is 2. The summed E-state index contributed by atoms with van der Waals surface area (Å²) in [5.41, 5.74) is 5.23. The van der Waals surface area contributed by atoms with E-state index in [1.54, 1.807) is 42.5 Å². The first-order chi connectivity index (χ1) is 17.3. The standard InChI is InChI=1S/C28H24N4O4/c1-15-7-6-8-18(12-15)29-28(35)26-25(19-9-4-5-10-23(19)36-26)30-27(34)21-14-20(31-32-21)24-17(3)11-16(2)13-22(24)33/h4-14,33H,1-3H3,(H,29,35)(H,30,34)(H,31,32). The second-order valence-electron chi connectivity index (χ2n) is 8.72. The maximum atomic E-state index is 13.2. The summed E-state index contributed by atoms with van der Waals surface area (Å²) in [6.45, 7) is 5.69. The van der Waals surface area contributed by atoms with Gasteiger partial charge in [0, 0.05) is 16.6 Å². The minimum atomic E-state index is -0.505. The SMILES string of the molecule is Cc1cccc(NC(=O)c2oc3ccccc3c2NC(=O)c2cc(-c3c(C)cc(C)cc3O)n[nH]2)c1. The van der Waals surface area contributed by atoms with Crippen LogP contribution in [0.4, 0.5) is 11.4 Å². The van der Waals surface area contributed by atoms with Crippen LogP contribution < -0.4 is 10.6 Å². The first-order valence-electron chi connectivity index (χ1n) is 11.4. The van der Waals surface area contributed by atoms with Crippen LogP contribution in [0.25, 0.3) is 22.2 Å². The Bertz CT molecular complexity index is 1610. The lowest BCUT2D eigenvalue weighted by atomic mass is 10.0. The number of aromatic amines is 1. The van der Waals surface area contributed by atoms with Crippen molar-refractivity contribution < 1.29 is 19.1 Å². The number of phenols is 1. The second-order valence-corrected chi connectivity index (χ2v) is 8.72. The molecule has 0 saturated heterocycles. The summed E-state index contributed by atoms with van der Waals surface area (Å²) in [4.78, 5) is 26.3. The molecule has 0 aliphatic carbocycles. The average molecular weight is 481 g/mol. The molecule has 8 nitrogen and oxygen atoms in total. The van der Waals surface area contributed by atoms with Crippen LogP contribution >= 0.6 is 0 Å². The van der Waals surface area contributed by atoms with Gasteiger partial charge in [-0.25, -0.2) is 0 Å². The van der Waals surface area contributed by atoms with Crippen LogP contribution in [0.3, 0.4) is 0 Å². The van der Waals surface area contributed by atoms with Crippen LogP contribution in [-0.4, -0.2) is 27.1 Å². The van der Waals surface area contributed by atoms with E-state index in [0.29, 0.717) is 27.9 Å². The number of hydrogen-bond acceptors (Lipinski definition) is 5. The van der Waals surface area contributed by atoms with Crippen molar-refractivity contribution in [1.29, 1.82) is 0 Å². The fourth-order valence-electron chi connectivity index (χ4n) is 4.27. The van der Waals surface area contributed by atoms with Crippen molar-refractivity contribution in [2.45, 2.75) is 20.8 Å². The molecular formula is C28H24N4O4. The molecule has 0 bridgehead atoms. The number of carbonyl (C=O) groups is 2. The van der Waals surface area contributed by atoms with Gasteiger partial charge < -0.3 is 20.2 Å². The second kappa shape index (κ2) is 9.07. The monoisotopic (exact) mass is 480 g/mol. The number of nitrogens with one attached hydrogen (secondary N) is 3. The van der Waals surface area contributed by atoms with Crippen molar-refractivity contribution in [2.75, 3.05) is 10.6 Å². The molecule has 5 aromatic rings. The Balaban J connectivity index is 1.47. The summed E-state index contributed by atoms with van der Waals surface area (Å²) < 4.78 is 5.83. The number of benzene rings is 3. The summed E-state index contributed by atoms with van der Waals surface area (Å²) in [5.74, 6) is -0.925. The maximum absolute atomic E-state index is 13.2. The Labute approximate surface area is 207 Å². The maximum Gasteiger partial charge on any atom is 0.293 e. The Morgan fingerprint density at radius 3 is 2.47 bits per heavy atom. The molecule has 36 heavy (non-hydrogen) atoms. The van der Waals surface area contributed by atoms with Crippen LogP contribution in [-0.2, 0) is 0 Å². The molecule has 0 unspecified atom stereocenters. The third kappa shape index (κ3) is 4.32. The quantitative estimate of drug-likeness (QED) is 0.247. The van der Waals surface area contributed by atoms with Crippen LogP contribution in [0.15, 0.2) is 71.1 Å². The van der Waals surface area contributed by atoms with Crippen LogP contribution in [0.5, 0.6) is 5.75 Å². The summed E-state index contributed by atoms with van der Waals surface area (Å²) in [7, 11) is 0. The lowest BCUT2D eigenvalue weighted by Gasteiger charge is -2.07. The highest BCUT2D eigenvalue weighted by Gasteiger charge is 2.24. The number of phenolic OH excluding ortho intramolecular Hbond substituents is 1. The van der Waals surface area contributed by atoms with E-state index in [9.17, 15) is 14.7 Å². The number of fused-ring (bicyclic) bond motifs is 1. The molecule has 2 aromatic heterocycles. The number of aryl methyl sites for hydroxylation is 3. The number of amides is 2. The fourth-order valence-corrected chi connectivity index (χ4v) is 4.27. The van der Waals surface area contributed by atoms with E-state index in [2.05, 4.69) is 20.8 Å². The van der Waals surface area contributed by atoms with Crippen LogP contribution in [0.2, 0.25) is 0 Å². The molecule has 180 valence electrons. The summed E-state index contributed by atoms with van der Waals surface area (Å²) in [6.07, 6.45) is 0. The summed E-state index contributed by atoms with van der Waals surface area (Å²) in [5, 5.41) is 23.6. The van der Waals surface area contributed by atoms with Gasteiger partial charge in [0.15, 0.2) is 0 Å². The normalized spacial score (nSPS) is 11.0. The van der Waals surface area contributed by atoms with Crippen molar-refractivity contribution in [3.8, 4) is 17.0 Å². The zero-order valence-corrected chi connectivity index (χ0v) is 20.0. The highest BCUT2D eigenvalue weighted by atomic mass is 16.3. The van der Waals surface area contributed by atoms with Crippen molar-refractivity contribution >= 4 is 34.2 Å². The van der Waals surface area contributed by atoms with E-state index in [-0.39, 0.29) is 22.9 Å². The topological polar surface area (TPSA) is 120 Å². The van der Waals surface area contributed by atoms with Crippen molar-refractivity contribution in [3.63, 3.8) is 0 Å². The first-order valence-corrected chi connectivity index (χ1v) is 11.4. The Morgan fingerprint density at radius 2 is 1.69 bits per heavy atom. The van der Waals surface area contributed by atoms with Gasteiger partial charge in [0.1, 0.15) is 22.7 Å². The van der Waals surface area contributed by atoms with E-state index < -0.39 is 11.8 Å². The molecule has 0 aliphatic heterocycles. The van der Waals surface area contributed by atoms with E-state index >= 15 is 0 Å². The van der Waals surface area contributed by atoms with Gasteiger partial charge in [-0.1, -0.05) is 30.3 Å². The minimum Gasteiger partial charge on any atom is -0.507 e. The fraction of sp³-hybridized carbons (Fsp3) is 0.107. The molecule has 4 N–H and O–H groups in total. The first kappa shape index (κ1) is 22.9. The Kier molecular flexibility index (Phi) is 5.77. The van der Waals surface area contributed by atoms with E-state index in [1.165, 1.54) is 0 Å². The Hall–Kier alpha value is -4.85. The minimum absolute atomic E-state index is 0.0159. The van der Waals surface area contributed by atoms with Crippen molar-refractivity contribution in [3.05, 3.63) is 94.9 Å². The third-order valence-corrected chi connectivity index (χ3v) is 5.85. The number of carbonyl (C=O) groups excluding carboxylic acids is 2. The van der Waals surface area contributed by atoms with Gasteiger partial charge in [0.05, 0.1) is 5.69 Å². The van der Waals surface area contributed by atoms with Crippen molar-refractivity contribution in [1.82, 2.24) is 10.2 Å². The number of H-pyrrole nitrogens is 1. The summed E-state index contributed by atoms with van der Waals surface area (Å²) >= 11 is 0. The molecule has 8 heteroatoms. The molecule has 5 rings (SSSR count). The number of aromatic hydroxyl groups is 1. The zero-order valence-electron chi connectivity index (χ0n) is 20.0. The summed E-state index contributed by atoms with van der Waals surface area (Å²) in [6, 6.07) is 19.6. The van der Waals surface area contributed by atoms with Crippen LogP contribution in [0.1, 0.15) is 37.7 Å². The van der Waals surface area contributed by atoms with Gasteiger partial charge in [-0.3, -0.25) is 14.7 Å². The number of para-hydroxylation sites is 1. The number of hydrogen-bond donors (Lipinski definition) is 4. The molecule has 2 amide bonds. The van der Waals surface area contributed by atoms with Crippen molar-refractivity contribution in [2.24, 2.45) is 0 Å². The molecule has 0 aliphatic rings. The van der Waals surface area contributed by atoms with Gasteiger partial charge >= 0.3 is 0 Å². The largest absolute Gasteiger partial charge is 0.507 e. The number of anilines is 2. The van der Waals surface area contributed by atoms with E-state index in [1.807, 2.05) is 45.0 Å². The molecule has 0 fully saturated rings. The predicted octanol–water partition coefficient (Wildman–Crippen LogP) is 5.96. The molecule has 0 radical (unpaired) electrons. The smallest absolute Gasteiger partial charge is 0.293 e. The molecule has 0 atom stereocenters. The van der Waals surface area contributed by atoms with Gasteiger partial charge in [0.2, 0.25) is 5.76 Å².